The Morgan fingerprint density at radius 2 is 1.64 bits per heavy atom. The van der Waals surface area contributed by atoms with Crippen LogP contribution in [-0.2, 0) is 0 Å². The number of nitrogens with one attached hydrogen (secondary N) is 2. The highest BCUT2D eigenvalue weighted by Crippen LogP contribution is 2.27. The van der Waals surface area contributed by atoms with Crippen molar-refractivity contribution in [1.29, 1.82) is 0 Å². The maximum atomic E-state index is 4.73. The summed E-state index contributed by atoms with van der Waals surface area (Å²) >= 11 is 0. The Balaban J connectivity index is 1.52. The Morgan fingerprint density at radius 1 is 0.964 bits per heavy atom. The summed E-state index contributed by atoms with van der Waals surface area (Å²) in [6, 6.07) is 14.6. The first-order chi connectivity index (χ1) is 13.5. The number of rotatable bonds is 4. The van der Waals surface area contributed by atoms with Crippen LogP contribution in [0, 0.1) is 0 Å². The van der Waals surface area contributed by atoms with Crippen LogP contribution in [0.4, 0.5) is 5.95 Å². The van der Waals surface area contributed by atoms with Gasteiger partial charge in [0.1, 0.15) is 0 Å². The molecule has 0 radical (unpaired) electrons. The van der Waals surface area contributed by atoms with Gasteiger partial charge < -0.3 is 10.6 Å². The van der Waals surface area contributed by atoms with Crippen molar-refractivity contribution < 1.29 is 0 Å². The van der Waals surface area contributed by atoms with Gasteiger partial charge in [0.2, 0.25) is 5.95 Å². The molecule has 3 heterocycles. The minimum absolute atomic E-state index is 0.0212. The fourth-order valence-electron chi connectivity index (χ4n) is 3.82. The number of pyridine rings is 1. The van der Waals surface area contributed by atoms with Gasteiger partial charge in [-0.15, -0.1) is 0 Å². The third-order valence-electron chi connectivity index (χ3n) is 4.95. The Morgan fingerprint density at radius 3 is 2.36 bits per heavy atom. The molecule has 4 rings (SSSR count). The fraction of sp³-hybridized carbons (Fsp3) is 0.261. The second-order valence-electron chi connectivity index (χ2n) is 7.94. The van der Waals surface area contributed by atoms with Gasteiger partial charge in [-0.2, -0.15) is 0 Å². The van der Waals surface area contributed by atoms with Crippen LogP contribution < -0.4 is 10.6 Å². The second-order valence-corrected chi connectivity index (χ2v) is 7.94. The van der Waals surface area contributed by atoms with Crippen molar-refractivity contribution >= 4 is 5.95 Å². The van der Waals surface area contributed by atoms with E-state index in [1.54, 1.807) is 0 Å². The third kappa shape index (κ3) is 4.19. The van der Waals surface area contributed by atoms with E-state index in [1.807, 2.05) is 36.8 Å². The molecule has 1 unspecified atom stereocenters. The zero-order chi connectivity index (χ0) is 19.6. The topological polar surface area (TPSA) is 62.7 Å². The first-order valence-corrected chi connectivity index (χ1v) is 9.55. The van der Waals surface area contributed by atoms with Gasteiger partial charge in [-0.3, -0.25) is 4.98 Å². The number of benzene rings is 1. The second kappa shape index (κ2) is 7.43. The van der Waals surface area contributed by atoms with Crippen molar-refractivity contribution in [3.63, 3.8) is 0 Å². The normalized spacial score (nSPS) is 18.4. The Kier molecular flexibility index (Phi) is 4.82. The maximum Gasteiger partial charge on any atom is 0.223 e. The van der Waals surface area contributed by atoms with Gasteiger partial charge in [-0.25, -0.2) is 9.97 Å². The predicted octanol–water partition coefficient (Wildman–Crippen LogP) is 4.66. The number of anilines is 1. The van der Waals surface area contributed by atoms with Crippen LogP contribution >= 0.6 is 0 Å². The summed E-state index contributed by atoms with van der Waals surface area (Å²) in [4.78, 5) is 13.2. The summed E-state index contributed by atoms with van der Waals surface area (Å²) in [5.74, 6) is 0.659. The fourth-order valence-corrected chi connectivity index (χ4v) is 3.82. The monoisotopic (exact) mass is 371 g/mol. The lowest BCUT2D eigenvalue weighted by Gasteiger charge is -2.38. The molecule has 0 saturated carbocycles. The highest BCUT2D eigenvalue weighted by Gasteiger charge is 2.29. The van der Waals surface area contributed by atoms with Gasteiger partial charge in [0.15, 0.2) is 0 Å². The largest absolute Gasteiger partial charge is 0.384 e. The molecule has 28 heavy (non-hydrogen) atoms. The van der Waals surface area contributed by atoms with Crippen molar-refractivity contribution in [2.75, 3.05) is 5.32 Å². The molecule has 1 aliphatic heterocycles. The first-order valence-electron chi connectivity index (χ1n) is 9.55. The van der Waals surface area contributed by atoms with Gasteiger partial charge in [0.25, 0.3) is 0 Å². The number of piperidine rings is 1. The van der Waals surface area contributed by atoms with E-state index < -0.39 is 0 Å². The van der Waals surface area contributed by atoms with Gasteiger partial charge in [-0.05, 0) is 49.6 Å². The molecule has 2 N–H and O–H groups in total. The third-order valence-corrected chi connectivity index (χ3v) is 4.95. The number of nitrogens with zero attached hydrogens (tertiary/aromatic N) is 3. The molecule has 0 amide bonds. The summed E-state index contributed by atoms with van der Waals surface area (Å²) in [6.45, 7) is 8.48. The minimum atomic E-state index is 0.0212. The predicted molar refractivity (Wildman–Crippen MR) is 114 cm³/mol. The molecule has 1 atom stereocenters. The summed E-state index contributed by atoms with van der Waals surface area (Å²) in [7, 11) is 0. The lowest BCUT2D eigenvalue weighted by Crippen LogP contribution is -2.48. The Hall–Kier alpha value is -3.21. The van der Waals surface area contributed by atoms with Crippen molar-refractivity contribution in [1.82, 2.24) is 20.3 Å². The number of hydrogen-bond acceptors (Lipinski definition) is 5. The Labute approximate surface area is 166 Å². The molecule has 0 aliphatic carbocycles. The van der Waals surface area contributed by atoms with Crippen molar-refractivity contribution in [2.24, 2.45) is 0 Å². The minimum Gasteiger partial charge on any atom is -0.384 e. The van der Waals surface area contributed by atoms with Crippen molar-refractivity contribution in [2.45, 2.75) is 38.3 Å². The van der Waals surface area contributed by atoms with Gasteiger partial charge >= 0.3 is 0 Å². The first kappa shape index (κ1) is 18.2. The number of hydrogen-bond donors (Lipinski definition) is 2. The van der Waals surface area contributed by atoms with Crippen LogP contribution in [0.1, 0.15) is 26.7 Å². The summed E-state index contributed by atoms with van der Waals surface area (Å²) < 4.78 is 0. The summed E-state index contributed by atoms with van der Waals surface area (Å²) in [5.41, 5.74) is 5.36. The van der Waals surface area contributed by atoms with E-state index in [4.69, 9.17) is 4.98 Å². The van der Waals surface area contributed by atoms with Crippen molar-refractivity contribution in [3.8, 4) is 22.4 Å². The van der Waals surface area contributed by atoms with Gasteiger partial charge in [-0.1, -0.05) is 30.8 Å². The van der Waals surface area contributed by atoms with E-state index in [9.17, 15) is 0 Å². The summed E-state index contributed by atoms with van der Waals surface area (Å²) in [5, 5.41) is 6.93. The molecule has 0 bridgehead atoms. The Bertz CT molecular complexity index is 964. The molecule has 5 nitrogen and oxygen atoms in total. The molecular weight excluding hydrogens is 346 g/mol. The van der Waals surface area contributed by atoms with Crippen molar-refractivity contribution in [3.05, 3.63) is 73.3 Å². The van der Waals surface area contributed by atoms with E-state index in [1.165, 1.54) is 0 Å². The zero-order valence-corrected chi connectivity index (χ0v) is 16.3. The average Bonchev–Trinajstić information content (AvgIpc) is 2.67. The standard InChI is InChI=1S/C23H25N5/c1-16-14-20(15-23(2,3)28-16)26-22-25-13-10-21(27-22)19-6-4-17(5-7-19)18-8-11-24-12-9-18/h4-13,20,28H,1,14-15H2,2-3H3,(H,25,26,27). The SMILES string of the molecule is C=C1CC(Nc2nccc(-c3ccc(-c4ccncc4)cc3)n2)CC(C)(C)N1. The van der Waals surface area contributed by atoms with Crippen LogP contribution in [0.5, 0.6) is 0 Å². The molecule has 1 aromatic carbocycles. The lowest BCUT2D eigenvalue weighted by atomic mass is 9.88. The molecule has 2 aromatic heterocycles. The van der Waals surface area contributed by atoms with E-state index in [-0.39, 0.29) is 11.6 Å². The molecule has 1 saturated heterocycles. The maximum absolute atomic E-state index is 4.73. The van der Waals surface area contributed by atoms with E-state index in [0.29, 0.717) is 5.95 Å². The van der Waals surface area contributed by atoms with Gasteiger partial charge in [0, 0.05) is 47.9 Å². The molecule has 1 aliphatic rings. The van der Waals surface area contributed by atoms with E-state index in [0.717, 1.165) is 40.9 Å². The van der Waals surface area contributed by atoms with Crippen LogP contribution in [0.3, 0.4) is 0 Å². The summed E-state index contributed by atoms with van der Waals surface area (Å²) in [6.07, 6.45) is 7.28. The molecule has 0 spiro atoms. The highest BCUT2D eigenvalue weighted by atomic mass is 15.1. The van der Waals surface area contributed by atoms with Crippen LogP contribution in [0.15, 0.2) is 73.3 Å². The molecule has 142 valence electrons. The van der Waals surface area contributed by atoms with Gasteiger partial charge in [0.05, 0.1) is 5.69 Å². The van der Waals surface area contributed by atoms with E-state index >= 15 is 0 Å². The number of aromatic nitrogens is 3. The quantitative estimate of drug-likeness (QED) is 0.698. The molecule has 3 aromatic rings. The molecule has 5 heteroatoms. The molecular formula is C23H25N5. The van der Waals surface area contributed by atoms with E-state index in [2.05, 4.69) is 65.3 Å². The average molecular weight is 371 g/mol. The highest BCUT2D eigenvalue weighted by molar-refractivity contribution is 5.68. The molecule has 1 fully saturated rings. The van der Waals surface area contributed by atoms with Crippen LogP contribution in [0.25, 0.3) is 22.4 Å². The van der Waals surface area contributed by atoms with Crippen LogP contribution in [-0.4, -0.2) is 26.5 Å². The lowest BCUT2D eigenvalue weighted by molar-refractivity contribution is 0.324. The zero-order valence-electron chi connectivity index (χ0n) is 16.3. The van der Waals surface area contributed by atoms with Crippen LogP contribution in [0.2, 0.25) is 0 Å². The smallest absolute Gasteiger partial charge is 0.223 e.